The molecule has 1 heterocycles. The van der Waals surface area contributed by atoms with Crippen LogP contribution in [0.25, 0.3) is 10.9 Å². The topological polar surface area (TPSA) is 80.4 Å². The lowest BCUT2D eigenvalue weighted by molar-refractivity contribution is 0.170. The van der Waals surface area contributed by atoms with Gasteiger partial charge in [-0.2, -0.15) is 0 Å². The number of ether oxygens (including phenoxy) is 1. The first-order chi connectivity index (χ1) is 9.24. The summed E-state index contributed by atoms with van der Waals surface area (Å²) < 4.78 is 5.15. The van der Waals surface area contributed by atoms with Gasteiger partial charge in [0.25, 0.3) is 0 Å². The highest BCUT2D eigenvalue weighted by Gasteiger charge is 2.10. The van der Waals surface area contributed by atoms with E-state index in [9.17, 15) is 0 Å². The minimum absolute atomic E-state index is 0.0677. The van der Waals surface area contributed by atoms with Gasteiger partial charge in [-0.15, -0.1) is 0 Å². The van der Waals surface area contributed by atoms with Gasteiger partial charge in [0, 0.05) is 36.7 Å². The molecule has 0 aliphatic carbocycles. The fourth-order valence-electron chi connectivity index (χ4n) is 2.07. The Kier molecular flexibility index (Phi) is 4.54. The standard InChI is InChI=1S/C14H19N3O2/c1-19-9-11(5-7-18)17-13-4-6-16-14-8-10(15)2-3-12(13)14/h2-4,6,8,11,18H,5,7,9,15H2,1H3,(H,16,17). The van der Waals surface area contributed by atoms with Crippen molar-refractivity contribution >= 4 is 22.3 Å². The number of nitrogens with one attached hydrogen (secondary N) is 1. The third kappa shape index (κ3) is 3.33. The number of hydrogen-bond donors (Lipinski definition) is 3. The number of pyridine rings is 1. The number of anilines is 2. The molecule has 5 nitrogen and oxygen atoms in total. The van der Waals surface area contributed by atoms with Crippen molar-refractivity contribution in [1.29, 1.82) is 0 Å². The summed E-state index contributed by atoms with van der Waals surface area (Å²) in [6, 6.07) is 7.63. The van der Waals surface area contributed by atoms with E-state index in [-0.39, 0.29) is 12.6 Å². The maximum atomic E-state index is 9.07. The maximum absolute atomic E-state index is 9.07. The molecule has 4 N–H and O–H groups in total. The van der Waals surface area contributed by atoms with Crippen molar-refractivity contribution in [1.82, 2.24) is 4.98 Å². The summed E-state index contributed by atoms with van der Waals surface area (Å²) in [5, 5.41) is 13.5. The molecule has 0 spiro atoms. The predicted octanol–water partition coefficient (Wildman–Crippen LogP) is 1.63. The fourth-order valence-corrected chi connectivity index (χ4v) is 2.07. The Morgan fingerprint density at radius 2 is 2.26 bits per heavy atom. The van der Waals surface area contributed by atoms with Crippen LogP contribution >= 0.6 is 0 Å². The summed E-state index contributed by atoms with van der Waals surface area (Å²) in [6.07, 6.45) is 2.37. The Morgan fingerprint density at radius 3 is 3.00 bits per heavy atom. The van der Waals surface area contributed by atoms with Gasteiger partial charge < -0.3 is 20.9 Å². The van der Waals surface area contributed by atoms with E-state index in [1.54, 1.807) is 13.3 Å². The van der Waals surface area contributed by atoms with E-state index >= 15 is 0 Å². The quantitative estimate of drug-likeness (QED) is 0.689. The van der Waals surface area contributed by atoms with Crippen LogP contribution in [0, 0.1) is 0 Å². The molecule has 1 unspecified atom stereocenters. The molecule has 102 valence electrons. The Balaban J connectivity index is 2.28. The summed E-state index contributed by atoms with van der Waals surface area (Å²) in [4.78, 5) is 4.30. The molecule has 19 heavy (non-hydrogen) atoms. The number of rotatable bonds is 6. The first-order valence-corrected chi connectivity index (χ1v) is 6.25. The van der Waals surface area contributed by atoms with Crippen LogP contribution in [0.3, 0.4) is 0 Å². The molecule has 0 aliphatic heterocycles. The predicted molar refractivity (Wildman–Crippen MR) is 77.1 cm³/mol. The van der Waals surface area contributed by atoms with Crippen molar-refractivity contribution in [2.75, 3.05) is 31.4 Å². The summed E-state index contributed by atoms with van der Waals surface area (Å²) in [7, 11) is 1.65. The number of methoxy groups -OCH3 is 1. The van der Waals surface area contributed by atoms with Gasteiger partial charge in [0.15, 0.2) is 0 Å². The highest BCUT2D eigenvalue weighted by molar-refractivity contribution is 5.92. The van der Waals surface area contributed by atoms with Crippen LogP contribution in [0.15, 0.2) is 30.5 Å². The Bertz CT molecular complexity index is 539. The first kappa shape index (κ1) is 13.6. The number of aromatic nitrogens is 1. The molecule has 0 amide bonds. The molecule has 0 radical (unpaired) electrons. The van der Waals surface area contributed by atoms with E-state index in [4.69, 9.17) is 15.6 Å². The normalized spacial score (nSPS) is 12.5. The van der Waals surface area contributed by atoms with E-state index in [1.807, 2.05) is 24.3 Å². The van der Waals surface area contributed by atoms with Crippen LogP contribution in [-0.4, -0.2) is 36.5 Å². The average molecular weight is 261 g/mol. The number of benzene rings is 1. The molecule has 1 atom stereocenters. The summed E-state index contributed by atoms with van der Waals surface area (Å²) in [5.41, 5.74) is 8.28. The molecule has 1 aromatic heterocycles. The van der Waals surface area contributed by atoms with Gasteiger partial charge in [-0.25, -0.2) is 0 Å². The Labute approximate surface area is 112 Å². The zero-order chi connectivity index (χ0) is 13.7. The first-order valence-electron chi connectivity index (χ1n) is 6.25. The summed E-state index contributed by atoms with van der Waals surface area (Å²) in [5.74, 6) is 0. The number of aliphatic hydroxyl groups is 1. The SMILES string of the molecule is COCC(CCO)Nc1ccnc2cc(N)ccc12. The van der Waals surface area contributed by atoms with Crippen LogP contribution < -0.4 is 11.1 Å². The van der Waals surface area contributed by atoms with Gasteiger partial charge in [0.1, 0.15) is 0 Å². The van der Waals surface area contributed by atoms with Crippen LogP contribution in [0.5, 0.6) is 0 Å². The van der Waals surface area contributed by atoms with Crippen LogP contribution in [0.2, 0.25) is 0 Å². The molecule has 0 saturated carbocycles. The molecular weight excluding hydrogens is 242 g/mol. The van der Waals surface area contributed by atoms with Gasteiger partial charge in [-0.3, -0.25) is 4.98 Å². The highest BCUT2D eigenvalue weighted by atomic mass is 16.5. The van der Waals surface area contributed by atoms with E-state index in [0.717, 1.165) is 16.6 Å². The van der Waals surface area contributed by atoms with Crippen molar-refractivity contribution in [2.24, 2.45) is 0 Å². The Hall–Kier alpha value is -1.85. The molecule has 1 aromatic carbocycles. The monoisotopic (exact) mass is 261 g/mol. The number of nitrogen functional groups attached to an aromatic ring is 1. The van der Waals surface area contributed by atoms with Crippen LogP contribution in [-0.2, 0) is 4.74 Å². The molecule has 2 rings (SSSR count). The van der Waals surface area contributed by atoms with Gasteiger partial charge in [0.05, 0.1) is 18.2 Å². The molecular formula is C14H19N3O2. The number of fused-ring (bicyclic) bond motifs is 1. The molecule has 2 aromatic rings. The lowest BCUT2D eigenvalue weighted by atomic mass is 10.1. The molecule has 0 saturated heterocycles. The van der Waals surface area contributed by atoms with Crippen LogP contribution in [0.1, 0.15) is 6.42 Å². The summed E-state index contributed by atoms with van der Waals surface area (Å²) in [6.45, 7) is 0.663. The highest BCUT2D eigenvalue weighted by Crippen LogP contribution is 2.24. The minimum Gasteiger partial charge on any atom is -0.399 e. The zero-order valence-electron chi connectivity index (χ0n) is 11.0. The van der Waals surface area contributed by atoms with Gasteiger partial charge in [-0.05, 0) is 30.7 Å². The second kappa shape index (κ2) is 6.36. The number of nitrogens with two attached hydrogens (primary N) is 1. The molecule has 0 aliphatic rings. The Morgan fingerprint density at radius 1 is 1.42 bits per heavy atom. The zero-order valence-corrected chi connectivity index (χ0v) is 11.0. The smallest absolute Gasteiger partial charge is 0.0743 e. The average Bonchev–Trinajstić information content (AvgIpc) is 2.39. The molecule has 0 fully saturated rings. The van der Waals surface area contributed by atoms with Gasteiger partial charge in [0.2, 0.25) is 0 Å². The fraction of sp³-hybridized carbons (Fsp3) is 0.357. The van der Waals surface area contributed by atoms with Crippen molar-refractivity contribution in [2.45, 2.75) is 12.5 Å². The second-order valence-corrected chi connectivity index (χ2v) is 4.44. The van der Waals surface area contributed by atoms with Crippen molar-refractivity contribution in [3.63, 3.8) is 0 Å². The van der Waals surface area contributed by atoms with Crippen molar-refractivity contribution in [3.05, 3.63) is 30.5 Å². The third-order valence-electron chi connectivity index (χ3n) is 2.97. The second-order valence-electron chi connectivity index (χ2n) is 4.44. The molecule has 5 heteroatoms. The number of nitrogens with zero attached hydrogens (tertiary/aromatic N) is 1. The van der Waals surface area contributed by atoms with Crippen molar-refractivity contribution < 1.29 is 9.84 Å². The summed E-state index contributed by atoms with van der Waals surface area (Å²) >= 11 is 0. The van der Waals surface area contributed by atoms with Gasteiger partial charge in [-0.1, -0.05) is 0 Å². The van der Waals surface area contributed by atoms with E-state index in [1.165, 1.54) is 0 Å². The maximum Gasteiger partial charge on any atom is 0.0743 e. The minimum atomic E-state index is 0.0677. The van der Waals surface area contributed by atoms with Crippen LogP contribution in [0.4, 0.5) is 11.4 Å². The lowest BCUT2D eigenvalue weighted by Crippen LogP contribution is -2.26. The van der Waals surface area contributed by atoms with E-state index in [0.29, 0.717) is 18.7 Å². The van der Waals surface area contributed by atoms with Gasteiger partial charge >= 0.3 is 0 Å². The number of hydrogen-bond acceptors (Lipinski definition) is 5. The number of aliphatic hydroxyl groups excluding tert-OH is 1. The lowest BCUT2D eigenvalue weighted by Gasteiger charge is -2.19. The largest absolute Gasteiger partial charge is 0.399 e. The third-order valence-corrected chi connectivity index (χ3v) is 2.97. The molecule has 0 bridgehead atoms. The van der Waals surface area contributed by atoms with E-state index in [2.05, 4.69) is 10.3 Å². The van der Waals surface area contributed by atoms with E-state index < -0.39 is 0 Å². The van der Waals surface area contributed by atoms with Crippen molar-refractivity contribution in [3.8, 4) is 0 Å².